The minimum Gasteiger partial charge on any atom is -0.367 e. The number of hydrogen-bond acceptors (Lipinski definition) is 6. The Labute approximate surface area is 187 Å². The number of anilines is 1. The zero-order chi connectivity index (χ0) is 21.2. The number of benzene rings is 1. The lowest BCUT2D eigenvalue weighted by Gasteiger charge is -2.16. The van der Waals surface area contributed by atoms with Crippen LogP contribution in [0.3, 0.4) is 0 Å². The number of likely N-dealkylation sites (tertiary alicyclic amines) is 1. The average molecular weight is 436 g/mol. The lowest BCUT2D eigenvalue weighted by atomic mass is 10.1. The number of thiophene rings is 1. The summed E-state index contributed by atoms with van der Waals surface area (Å²) in [6, 6.07) is 11.2. The lowest BCUT2D eigenvalue weighted by molar-refractivity contribution is 0.0941. The maximum absolute atomic E-state index is 13.1. The van der Waals surface area contributed by atoms with Gasteiger partial charge in [-0.25, -0.2) is 9.97 Å². The summed E-state index contributed by atoms with van der Waals surface area (Å²) >= 11 is 1.47. The highest BCUT2D eigenvalue weighted by Gasteiger charge is 2.27. The van der Waals surface area contributed by atoms with Crippen molar-refractivity contribution in [1.82, 2.24) is 20.2 Å². The van der Waals surface area contributed by atoms with Crippen molar-refractivity contribution in [3.05, 3.63) is 52.7 Å². The van der Waals surface area contributed by atoms with Gasteiger partial charge in [0.1, 0.15) is 17.0 Å². The molecule has 6 nitrogen and oxygen atoms in total. The highest BCUT2D eigenvalue weighted by Crippen LogP contribution is 2.34. The monoisotopic (exact) mass is 435 g/mol. The van der Waals surface area contributed by atoms with E-state index in [1.807, 2.05) is 13.0 Å². The van der Waals surface area contributed by atoms with E-state index in [-0.39, 0.29) is 11.9 Å². The Morgan fingerprint density at radius 2 is 1.94 bits per heavy atom. The molecule has 2 fully saturated rings. The van der Waals surface area contributed by atoms with Gasteiger partial charge in [-0.15, -0.1) is 11.3 Å². The summed E-state index contributed by atoms with van der Waals surface area (Å²) in [6.07, 6.45) is 7.49. The van der Waals surface area contributed by atoms with Crippen LogP contribution < -0.4 is 10.6 Å². The van der Waals surface area contributed by atoms with Gasteiger partial charge in [-0.3, -0.25) is 9.69 Å². The van der Waals surface area contributed by atoms with Crippen molar-refractivity contribution < 1.29 is 4.79 Å². The van der Waals surface area contributed by atoms with Gasteiger partial charge in [0.2, 0.25) is 0 Å². The lowest BCUT2D eigenvalue weighted by Crippen LogP contribution is -2.36. The predicted octanol–water partition coefficient (Wildman–Crippen LogP) is 4.36. The van der Waals surface area contributed by atoms with Crippen molar-refractivity contribution in [2.24, 2.45) is 0 Å². The number of carbonyl (C=O) groups is 1. The van der Waals surface area contributed by atoms with Crippen LogP contribution in [0, 0.1) is 6.92 Å². The number of nitrogens with zero attached hydrogens (tertiary/aromatic N) is 3. The SMILES string of the molecule is Cc1c(C(=O)N[C@H]2CCN(Cc3ccccc3)C2)sc2ncnc(NC3CCCC3)c12. The van der Waals surface area contributed by atoms with Crippen molar-refractivity contribution in [2.45, 2.75) is 57.7 Å². The topological polar surface area (TPSA) is 70.2 Å². The van der Waals surface area contributed by atoms with Crippen molar-refractivity contribution in [1.29, 1.82) is 0 Å². The van der Waals surface area contributed by atoms with Crippen LogP contribution >= 0.6 is 11.3 Å². The van der Waals surface area contributed by atoms with E-state index in [1.165, 1.54) is 42.6 Å². The fraction of sp³-hybridized carbons (Fsp3) is 0.458. The molecule has 1 amide bonds. The van der Waals surface area contributed by atoms with Gasteiger partial charge < -0.3 is 10.6 Å². The quantitative estimate of drug-likeness (QED) is 0.602. The predicted molar refractivity (Wildman–Crippen MR) is 126 cm³/mol. The van der Waals surface area contributed by atoms with Crippen molar-refractivity contribution in [2.75, 3.05) is 18.4 Å². The van der Waals surface area contributed by atoms with Gasteiger partial charge in [0.15, 0.2) is 0 Å². The van der Waals surface area contributed by atoms with Gasteiger partial charge in [-0.2, -0.15) is 0 Å². The first-order chi connectivity index (χ1) is 15.2. The van der Waals surface area contributed by atoms with Crippen molar-refractivity contribution in [3.8, 4) is 0 Å². The molecule has 1 saturated carbocycles. The molecule has 2 aliphatic rings. The molecule has 7 heteroatoms. The molecule has 3 aromatic rings. The molecule has 0 unspecified atom stereocenters. The molecule has 1 aromatic carbocycles. The van der Waals surface area contributed by atoms with Gasteiger partial charge in [0.05, 0.1) is 10.3 Å². The Morgan fingerprint density at radius 3 is 2.74 bits per heavy atom. The fourth-order valence-corrected chi connectivity index (χ4v) is 5.90. The molecule has 5 rings (SSSR count). The minimum absolute atomic E-state index is 0.0128. The molecule has 1 saturated heterocycles. The van der Waals surface area contributed by atoms with E-state index in [0.29, 0.717) is 6.04 Å². The molecule has 0 spiro atoms. The van der Waals surface area contributed by atoms with E-state index >= 15 is 0 Å². The number of carbonyl (C=O) groups excluding carboxylic acids is 1. The van der Waals surface area contributed by atoms with E-state index in [9.17, 15) is 4.79 Å². The van der Waals surface area contributed by atoms with Gasteiger partial charge >= 0.3 is 0 Å². The Balaban J connectivity index is 1.27. The molecule has 3 heterocycles. The molecular formula is C24H29N5OS. The summed E-state index contributed by atoms with van der Waals surface area (Å²) in [5, 5.41) is 7.86. The third-order valence-corrected chi connectivity index (χ3v) is 7.68. The largest absolute Gasteiger partial charge is 0.367 e. The second kappa shape index (κ2) is 8.93. The molecular weight excluding hydrogens is 406 g/mol. The van der Waals surface area contributed by atoms with Gasteiger partial charge in [-0.1, -0.05) is 43.2 Å². The molecule has 1 aliphatic heterocycles. The Kier molecular flexibility index (Phi) is 5.87. The minimum atomic E-state index is 0.0128. The van der Waals surface area contributed by atoms with Crippen LogP contribution in [0.4, 0.5) is 5.82 Å². The van der Waals surface area contributed by atoms with E-state index in [4.69, 9.17) is 0 Å². The summed E-state index contributed by atoms with van der Waals surface area (Å²) < 4.78 is 0. The third-order valence-electron chi connectivity index (χ3n) is 6.49. The third kappa shape index (κ3) is 4.43. The second-order valence-corrected chi connectivity index (χ2v) is 9.76. The van der Waals surface area contributed by atoms with Crippen LogP contribution in [0.15, 0.2) is 36.7 Å². The first-order valence-corrected chi connectivity index (χ1v) is 12.1. The number of rotatable bonds is 6. The molecule has 2 N–H and O–H groups in total. The number of nitrogens with one attached hydrogen (secondary N) is 2. The molecule has 0 bridgehead atoms. The zero-order valence-corrected chi connectivity index (χ0v) is 18.8. The number of amides is 1. The molecule has 1 atom stereocenters. The summed E-state index contributed by atoms with van der Waals surface area (Å²) in [5.74, 6) is 0.887. The average Bonchev–Trinajstić information content (AvgIpc) is 3.51. The molecule has 31 heavy (non-hydrogen) atoms. The van der Waals surface area contributed by atoms with Crippen LogP contribution in [0.2, 0.25) is 0 Å². The number of aromatic nitrogens is 2. The summed E-state index contributed by atoms with van der Waals surface area (Å²) in [6.45, 7) is 4.85. The van der Waals surface area contributed by atoms with Crippen LogP contribution in [0.5, 0.6) is 0 Å². The van der Waals surface area contributed by atoms with Gasteiger partial charge in [-0.05, 0) is 37.3 Å². The van der Waals surface area contributed by atoms with Crippen molar-refractivity contribution >= 4 is 33.3 Å². The van der Waals surface area contributed by atoms with Crippen LogP contribution in [-0.4, -0.2) is 45.9 Å². The number of hydrogen-bond donors (Lipinski definition) is 2. The van der Waals surface area contributed by atoms with E-state index in [1.54, 1.807) is 6.33 Å². The number of fused-ring (bicyclic) bond motifs is 1. The summed E-state index contributed by atoms with van der Waals surface area (Å²) in [5.41, 5.74) is 2.30. The number of aryl methyl sites for hydroxylation is 1. The fourth-order valence-electron chi connectivity index (χ4n) is 4.85. The first kappa shape index (κ1) is 20.4. The first-order valence-electron chi connectivity index (χ1n) is 11.2. The molecule has 0 radical (unpaired) electrons. The highest BCUT2D eigenvalue weighted by molar-refractivity contribution is 7.20. The van der Waals surface area contributed by atoms with Crippen LogP contribution in [0.25, 0.3) is 10.2 Å². The van der Waals surface area contributed by atoms with Crippen LogP contribution in [0.1, 0.15) is 52.9 Å². The second-order valence-electron chi connectivity index (χ2n) is 8.76. The van der Waals surface area contributed by atoms with E-state index in [0.717, 1.165) is 52.5 Å². The zero-order valence-electron chi connectivity index (χ0n) is 17.9. The molecule has 2 aromatic heterocycles. The van der Waals surface area contributed by atoms with Gasteiger partial charge in [0, 0.05) is 31.7 Å². The summed E-state index contributed by atoms with van der Waals surface area (Å²) in [7, 11) is 0. The summed E-state index contributed by atoms with van der Waals surface area (Å²) in [4.78, 5) is 26.1. The van der Waals surface area contributed by atoms with E-state index in [2.05, 4.69) is 49.8 Å². The van der Waals surface area contributed by atoms with Crippen LogP contribution in [-0.2, 0) is 6.54 Å². The standard InChI is InChI=1S/C24H29N5OS/c1-16-20-22(27-18-9-5-6-10-18)25-15-26-24(20)31-21(16)23(30)28-19-11-12-29(14-19)13-17-7-3-2-4-8-17/h2-4,7-8,15,18-19H,5-6,9-14H2,1H3,(H,28,30)(H,25,26,27)/t19-/m0/s1. The smallest absolute Gasteiger partial charge is 0.261 e. The Morgan fingerprint density at radius 1 is 1.13 bits per heavy atom. The maximum atomic E-state index is 13.1. The molecule has 1 aliphatic carbocycles. The Bertz CT molecular complexity index is 1060. The van der Waals surface area contributed by atoms with Gasteiger partial charge in [0.25, 0.3) is 5.91 Å². The van der Waals surface area contributed by atoms with Crippen molar-refractivity contribution in [3.63, 3.8) is 0 Å². The normalized spacial score (nSPS) is 19.8. The highest BCUT2D eigenvalue weighted by atomic mass is 32.1. The Hall–Kier alpha value is -2.51. The molecule has 162 valence electrons. The maximum Gasteiger partial charge on any atom is 0.261 e. The van der Waals surface area contributed by atoms with E-state index < -0.39 is 0 Å².